The van der Waals surface area contributed by atoms with E-state index in [1.54, 1.807) is 0 Å². The van der Waals surface area contributed by atoms with Crippen LogP contribution in [0.1, 0.15) is 36.6 Å². The van der Waals surface area contributed by atoms with Gasteiger partial charge in [-0.2, -0.15) is 0 Å². The fourth-order valence-electron chi connectivity index (χ4n) is 2.06. The first kappa shape index (κ1) is 14.1. The molecule has 0 saturated carbocycles. The summed E-state index contributed by atoms with van der Waals surface area (Å²) in [5.41, 5.74) is 3.91. The smallest absolute Gasteiger partial charge is 0.0409 e. The van der Waals surface area contributed by atoms with Gasteiger partial charge < -0.3 is 5.32 Å². The lowest BCUT2D eigenvalue weighted by Gasteiger charge is -2.14. The Morgan fingerprint density at radius 3 is 2.37 bits per heavy atom. The average molecular weight is 274 g/mol. The predicted octanol–water partition coefficient (Wildman–Crippen LogP) is 4.75. The summed E-state index contributed by atoms with van der Waals surface area (Å²) in [4.78, 5) is 0. The Bertz CT molecular complexity index is 519. The van der Waals surface area contributed by atoms with Crippen molar-refractivity contribution in [2.75, 3.05) is 0 Å². The summed E-state index contributed by atoms with van der Waals surface area (Å²) in [6.07, 6.45) is 1.09. The van der Waals surface area contributed by atoms with Gasteiger partial charge in [-0.15, -0.1) is 0 Å². The molecular weight excluding hydrogens is 254 g/mol. The van der Waals surface area contributed by atoms with Crippen molar-refractivity contribution in [1.29, 1.82) is 0 Å². The van der Waals surface area contributed by atoms with Crippen molar-refractivity contribution in [3.63, 3.8) is 0 Å². The van der Waals surface area contributed by atoms with E-state index in [4.69, 9.17) is 11.6 Å². The van der Waals surface area contributed by atoms with Crippen molar-refractivity contribution in [3.05, 3.63) is 70.2 Å². The fraction of sp³-hybridized carbons (Fsp3) is 0.294. The summed E-state index contributed by atoms with van der Waals surface area (Å²) in [6.45, 7) is 5.21. The lowest BCUT2D eigenvalue weighted by molar-refractivity contribution is 0.574. The minimum atomic E-state index is 0.296. The minimum Gasteiger partial charge on any atom is -0.306 e. The van der Waals surface area contributed by atoms with E-state index in [1.807, 2.05) is 18.2 Å². The third kappa shape index (κ3) is 4.09. The molecule has 0 heterocycles. The van der Waals surface area contributed by atoms with Gasteiger partial charge in [0.2, 0.25) is 0 Å². The van der Waals surface area contributed by atoms with Crippen molar-refractivity contribution in [2.24, 2.45) is 0 Å². The topological polar surface area (TPSA) is 12.0 Å². The molecule has 0 fully saturated rings. The molecule has 1 atom stereocenters. The van der Waals surface area contributed by atoms with Crippen LogP contribution in [0.3, 0.4) is 0 Å². The molecule has 0 aromatic heterocycles. The van der Waals surface area contributed by atoms with Crippen LogP contribution >= 0.6 is 11.6 Å². The first-order valence-corrected chi connectivity index (χ1v) is 7.13. The van der Waals surface area contributed by atoms with E-state index in [1.165, 1.54) is 16.7 Å². The maximum Gasteiger partial charge on any atom is 0.0409 e. The highest BCUT2D eigenvalue weighted by Crippen LogP contribution is 2.17. The van der Waals surface area contributed by atoms with Gasteiger partial charge in [-0.05, 0) is 42.2 Å². The van der Waals surface area contributed by atoms with Gasteiger partial charge in [0, 0.05) is 17.6 Å². The lowest BCUT2D eigenvalue weighted by atomic mass is 10.1. The molecule has 0 saturated heterocycles. The van der Waals surface area contributed by atoms with Crippen molar-refractivity contribution in [3.8, 4) is 0 Å². The average Bonchev–Trinajstić information content (AvgIpc) is 2.45. The van der Waals surface area contributed by atoms with Gasteiger partial charge >= 0.3 is 0 Å². The van der Waals surface area contributed by atoms with E-state index in [-0.39, 0.29) is 0 Å². The summed E-state index contributed by atoms with van der Waals surface area (Å²) in [7, 11) is 0. The molecule has 1 nitrogen and oxygen atoms in total. The van der Waals surface area contributed by atoms with E-state index < -0.39 is 0 Å². The van der Waals surface area contributed by atoms with Gasteiger partial charge in [-0.3, -0.25) is 0 Å². The molecule has 1 N–H and O–H groups in total. The number of benzene rings is 2. The highest BCUT2D eigenvalue weighted by molar-refractivity contribution is 6.30. The normalized spacial score (nSPS) is 12.4. The third-order valence-electron chi connectivity index (χ3n) is 3.39. The number of rotatable bonds is 5. The largest absolute Gasteiger partial charge is 0.306 e. The van der Waals surface area contributed by atoms with Crippen LogP contribution in [-0.2, 0) is 13.0 Å². The molecule has 19 heavy (non-hydrogen) atoms. The quantitative estimate of drug-likeness (QED) is 0.829. The molecule has 0 unspecified atom stereocenters. The number of nitrogens with one attached hydrogen (secondary N) is 1. The Kier molecular flexibility index (Phi) is 5.00. The standard InChI is InChI=1S/C17H20ClN/c1-3-14-7-9-15(10-8-14)12-19-13(2)16-5-4-6-17(18)11-16/h4-11,13,19H,3,12H2,1-2H3/t13-/m1/s1. The van der Waals surface area contributed by atoms with E-state index >= 15 is 0 Å². The van der Waals surface area contributed by atoms with E-state index in [2.05, 4.69) is 49.5 Å². The molecule has 0 aliphatic heterocycles. The molecule has 0 aliphatic carbocycles. The van der Waals surface area contributed by atoms with Crippen LogP contribution in [0.5, 0.6) is 0 Å². The Morgan fingerprint density at radius 2 is 1.74 bits per heavy atom. The minimum absolute atomic E-state index is 0.296. The van der Waals surface area contributed by atoms with Crippen LogP contribution < -0.4 is 5.32 Å². The number of aryl methyl sites for hydroxylation is 1. The monoisotopic (exact) mass is 273 g/mol. The van der Waals surface area contributed by atoms with Crippen LogP contribution in [0.2, 0.25) is 5.02 Å². The molecule has 0 aliphatic rings. The Hall–Kier alpha value is -1.31. The maximum atomic E-state index is 6.01. The van der Waals surface area contributed by atoms with Gasteiger partial charge in [0.25, 0.3) is 0 Å². The second-order valence-electron chi connectivity index (χ2n) is 4.83. The molecule has 0 amide bonds. The summed E-state index contributed by atoms with van der Waals surface area (Å²) in [6, 6.07) is 17.1. The highest BCUT2D eigenvalue weighted by Gasteiger charge is 2.05. The van der Waals surface area contributed by atoms with Crippen LogP contribution in [-0.4, -0.2) is 0 Å². The molecule has 2 rings (SSSR count). The maximum absolute atomic E-state index is 6.01. The van der Waals surface area contributed by atoms with Crippen molar-refractivity contribution < 1.29 is 0 Å². The van der Waals surface area contributed by atoms with Crippen LogP contribution in [0.25, 0.3) is 0 Å². The highest BCUT2D eigenvalue weighted by atomic mass is 35.5. The number of hydrogen-bond acceptors (Lipinski definition) is 1. The third-order valence-corrected chi connectivity index (χ3v) is 3.63. The number of halogens is 1. The van der Waals surface area contributed by atoms with E-state index in [0.717, 1.165) is 18.0 Å². The van der Waals surface area contributed by atoms with Gasteiger partial charge in [0.1, 0.15) is 0 Å². The van der Waals surface area contributed by atoms with Gasteiger partial charge in [-0.25, -0.2) is 0 Å². The van der Waals surface area contributed by atoms with E-state index in [9.17, 15) is 0 Å². The zero-order valence-corrected chi connectivity index (χ0v) is 12.2. The molecule has 0 radical (unpaired) electrons. The molecule has 0 spiro atoms. The summed E-state index contributed by atoms with van der Waals surface area (Å²) < 4.78 is 0. The second kappa shape index (κ2) is 6.74. The first-order valence-electron chi connectivity index (χ1n) is 6.75. The SMILES string of the molecule is CCc1ccc(CN[C@H](C)c2cccc(Cl)c2)cc1. The Morgan fingerprint density at radius 1 is 1.05 bits per heavy atom. The first-order chi connectivity index (χ1) is 9.19. The molecule has 0 bridgehead atoms. The second-order valence-corrected chi connectivity index (χ2v) is 5.26. The zero-order chi connectivity index (χ0) is 13.7. The van der Waals surface area contributed by atoms with E-state index in [0.29, 0.717) is 6.04 Å². The van der Waals surface area contributed by atoms with Gasteiger partial charge in [-0.1, -0.05) is 54.9 Å². The molecule has 2 aromatic rings. The Balaban J connectivity index is 1.94. The predicted molar refractivity (Wildman–Crippen MR) is 82.5 cm³/mol. The van der Waals surface area contributed by atoms with Crippen molar-refractivity contribution in [1.82, 2.24) is 5.32 Å². The van der Waals surface area contributed by atoms with Crippen LogP contribution in [0.4, 0.5) is 0 Å². The fourth-order valence-corrected chi connectivity index (χ4v) is 2.26. The molecule has 2 heteroatoms. The summed E-state index contributed by atoms with van der Waals surface area (Å²) >= 11 is 6.01. The lowest BCUT2D eigenvalue weighted by Crippen LogP contribution is -2.18. The van der Waals surface area contributed by atoms with Crippen LogP contribution in [0.15, 0.2) is 48.5 Å². The Labute approximate surface area is 120 Å². The zero-order valence-electron chi connectivity index (χ0n) is 11.5. The molecule has 100 valence electrons. The van der Waals surface area contributed by atoms with Gasteiger partial charge in [0.05, 0.1) is 0 Å². The summed E-state index contributed by atoms with van der Waals surface area (Å²) in [5.74, 6) is 0. The summed E-state index contributed by atoms with van der Waals surface area (Å²) in [5, 5.41) is 4.31. The van der Waals surface area contributed by atoms with Crippen LogP contribution in [0, 0.1) is 0 Å². The van der Waals surface area contributed by atoms with Gasteiger partial charge in [0.15, 0.2) is 0 Å². The molecule has 2 aromatic carbocycles. The molecular formula is C17H20ClN. The van der Waals surface area contributed by atoms with Crippen molar-refractivity contribution in [2.45, 2.75) is 32.9 Å². The van der Waals surface area contributed by atoms with Crippen molar-refractivity contribution >= 4 is 11.6 Å². The number of hydrogen-bond donors (Lipinski definition) is 1.